The van der Waals surface area contributed by atoms with E-state index in [0.29, 0.717) is 16.9 Å². The van der Waals surface area contributed by atoms with Crippen molar-refractivity contribution in [3.8, 4) is 0 Å². The largest absolute Gasteiger partial charge is 0.353 e. The van der Waals surface area contributed by atoms with Gasteiger partial charge < -0.3 is 16.4 Å². The van der Waals surface area contributed by atoms with E-state index in [9.17, 15) is 9.59 Å². The summed E-state index contributed by atoms with van der Waals surface area (Å²) in [5, 5.41) is 6.76. The highest BCUT2D eigenvalue weighted by molar-refractivity contribution is 6.30. The monoisotopic (exact) mass is 413 g/mol. The van der Waals surface area contributed by atoms with E-state index in [-0.39, 0.29) is 48.8 Å². The van der Waals surface area contributed by atoms with E-state index < -0.39 is 0 Å². The van der Waals surface area contributed by atoms with Gasteiger partial charge >= 0.3 is 0 Å². The van der Waals surface area contributed by atoms with Gasteiger partial charge in [-0.2, -0.15) is 0 Å². The second-order valence-electron chi connectivity index (χ2n) is 7.78. The molecule has 1 aromatic carbocycles. The van der Waals surface area contributed by atoms with Gasteiger partial charge in [-0.1, -0.05) is 30.2 Å². The topological polar surface area (TPSA) is 84.2 Å². The van der Waals surface area contributed by atoms with Crippen molar-refractivity contribution in [1.29, 1.82) is 0 Å². The quantitative estimate of drug-likeness (QED) is 0.691. The van der Waals surface area contributed by atoms with Crippen molar-refractivity contribution in [2.24, 2.45) is 17.6 Å². The second kappa shape index (κ2) is 9.76. The first-order valence-electron chi connectivity index (χ1n) is 9.50. The summed E-state index contributed by atoms with van der Waals surface area (Å²) >= 11 is 5.95. The van der Waals surface area contributed by atoms with E-state index in [4.69, 9.17) is 17.3 Å². The molecule has 0 radical (unpaired) electrons. The first-order chi connectivity index (χ1) is 12.4. The first kappa shape index (κ1) is 22.0. The van der Waals surface area contributed by atoms with Crippen LogP contribution in [0.5, 0.6) is 0 Å². The Labute approximate surface area is 172 Å². The second-order valence-corrected chi connectivity index (χ2v) is 8.22. The van der Waals surface area contributed by atoms with Gasteiger partial charge in [0.25, 0.3) is 0 Å². The van der Waals surface area contributed by atoms with Crippen LogP contribution in [-0.4, -0.2) is 23.9 Å². The van der Waals surface area contributed by atoms with E-state index in [1.807, 2.05) is 12.1 Å². The van der Waals surface area contributed by atoms with Gasteiger partial charge in [-0.3, -0.25) is 9.59 Å². The molecule has 2 aliphatic rings. The molecular formula is C20H29Cl2N3O2. The van der Waals surface area contributed by atoms with Gasteiger partial charge in [0.1, 0.15) is 0 Å². The van der Waals surface area contributed by atoms with Crippen molar-refractivity contribution in [3.63, 3.8) is 0 Å². The smallest absolute Gasteiger partial charge is 0.222 e. The van der Waals surface area contributed by atoms with E-state index in [1.54, 1.807) is 12.1 Å². The molecule has 7 heteroatoms. The molecule has 0 saturated heterocycles. The lowest BCUT2D eigenvalue weighted by Crippen LogP contribution is -2.54. The predicted octanol–water partition coefficient (Wildman–Crippen LogP) is 3.35. The molecule has 0 aliphatic heterocycles. The number of hydrogen-bond donors (Lipinski definition) is 3. The molecule has 2 saturated carbocycles. The van der Waals surface area contributed by atoms with Crippen molar-refractivity contribution >= 4 is 35.8 Å². The zero-order valence-corrected chi connectivity index (χ0v) is 17.2. The Morgan fingerprint density at radius 2 is 1.78 bits per heavy atom. The summed E-state index contributed by atoms with van der Waals surface area (Å²) in [4.78, 5) is 24.3. The Bertz CT molecular complexity index is 639. The third kappa shape index (κ3) is 5.84. The molecule has 2 amide bonds. The third-order valence-electron chi connectivity index (χ3n) is 5.74. The fourth-order valence-corrected chi connectivity index (χ4v) is 4.77. The number of nitrogens with two attached hydrogens (primary N) is 1. The number of rotatable bonds is 5. The first-order valence-corrected chi connectivity index (χ1v) is 9.87. The summed E-state index contributed by atoms with van der Waals surface area (Å²) in [5.41, 5.74) is 7.05. The Morgan fingerprint density at radius 1 is 1.19 bits per heavy atom. The molecule has 2 aliphatic carbocycles. The minimum absolute atomic E-state index is 0. The minimum atomic E-state index is -0.351. The van der Waals surface area contributed by atoms with Crippen molar-refractivity contribution in [2.45, 2.75) is 63.6 Å². The van der Waals surface area contributed by atoms with Crippen LogP contribution in [-0.2, 0) is 9.59 Å². The van der Waals surface area contributed by atoms with Crippen LogP contribution < -0.4 is 16.4 Å². The number of hydrogen-bond acceptors (Lipinski definition) is 3. The van der Waals surface area contributed by atoms with E-state index in [1.165, 1.54) is 13.3 Å². The van der Waals surface area contributed by atoms with Gasteiger partial charge in [-0.05, 0) is 55.2 Å². The third-order valence-corrected chi connectivity index (χ3v) is 6.00. The van der Waals surface area contributed by atoms with E-state index in [2.05, 4.69) is 10.6 Å². The molecule has 1 aromatic rings. The summed E-state index contributed by atoms with van der Waals surface area (Å²) in [5.74, 6) is 0.793. The number of carbonyl (C=O) groups excluding carboxylic acids is 2. The average molecular weight is 414 g/mol. The lowest BCUT2D eigenvalue weighted by Gasteiger charge is -2.45. The predicted molar refractivity (Wildman–Crippen MR) is 110 cm³/mol. The van der Waals surface area contributed by atoms with Crippen molar-refractivity contribution in [1.82, 2.24) is 10.6 Å². The average Bonchev–Trinajstić information content (AvgIpc) is 2.55. The Hall–Kier alpha value is -1.30. The minimum Gasteiger partial charge on any atom is -0.353 e. The molecule has 2 bridgehead atoms. The molecule has 5 nitrogen and oxygen atoms in total. The van der Waals surface area contributed by atoms with Crippen molar-refractivity contribution in [2.75, 3.05) is 0 Å². The van der Waals surface area contributed by atoms with Gasteiger partial charge in [0.15, 0.2) is 0 Å². The highest BCUT2D eigenvalue weighted by atomic mass is 35.5. The van der Waals surface area contributed by atoms with Crippen molar-refractivity contribution in [3.05, 3.63) is 34.9 Å². The van der Waals surface area contributed by atoms with Crippen LogP contribution in [0.15, 0.2) is 24.3 Å². The summed E-state index contributed by atoms with van der Waals surface area (Å²) < 4.78 is 0. The summed E-state index contributed by atoms with van der Waals surface area (Å²) in [7, 11) is 0. The van der Waals surface area contributed by atoms with Gasteiger partial charge in [0, 0.05) is 24.0 Å². The lowest BCUT2D eigenvalue weighted by atomic mass is 9.67. The molecule has 150 valence electrons. The zero-order chi connectivity index (χ0) is 18.7. The maximum absolute atomic E-state index is 12.7. The molecule has 3 unspecified atom stereocenters. The summed E-state index contributed by atoms with van der Waals surface area (Å²) in [6.07, 6.45) is 5.72. The molecule has 2 fully saturated rings. The van der Waals surface area contributed by atoms with E-state index in [0.717, 1.165) is 31.2 Å². The Kier molecular flexibility index (Phi) is 7.95. The Balaban J connectivity index is 0.00000261. The summed E-state index contributed by atoms with van der Waals surface area (Å²) in [6, 6.07) is 7.39. The fraction of sp³-hybridized carbons (Fsp3) is 0.600. The Morgan fingerprint density at radius 3 is 2.33 bits per heavy atom. The summed E-state index contributed by atoms with van der Waals surface area (Å²) in [6.45, 7) is 1.47. The van der Waals surface area contributed by atoms with Crippen molar-refractivity contribution < 1.29 is 9.59 Å². The van der Waals surface area contributed by atoms with Gasteiger partial charge in [0.05, 0.1) is 12.5 Å². The number of amides is 2. The van der Waals surface area contributed by atoms with Gasteiger partial charge in [0.2, 0.25) is 11.8 Å². The molecule has 3 rings (SSSR count). The number of carbonyl (C=O) groups is 2. The molecule has 3 atom stereocenters. The normalized spacial score (nSPS) is 27.8. The highest BCUT2D eigenvalue weighted by Crippen LogP contribution is 2.39. The SMILES string of the molecule is CC(=O)NC(CC(=O)NC1C2CCCC1CC(N)C2)c1ccc(Cl)cc1.Cl. The van der Waals surface area contributed by atoms with Crippen LogP contribution in [0.1, 0.15) is 57.1 Å². The van der Waals surface area contributed by atoms with Crippen LogP contribution in [0, 0.1) is 11.8 Å². The molecule has 27 heavy (non-hydrogen) atoms. The van der Waals surface area contributed by atoms with Gasteiger partial charge in [-0.25, -0.2) is 0 Å². The number of fused-ring (bicyclic) bond motifs is 2. The van der Waals surface area contributed by atoms with Crippen LogP contribution in [0.3, 0.4) is 0 Å². The number of halogens is 2. The lowest BCUT2D eigenvalue weighted by molar-refractivity contribution is -0.124. The maximum atomic E-state index is 12.7. The van der Waals surface area contributed by atoms with Gasteiger partial charge in [-0.15, -0.1) is 12.4 Å². The fourth-order valence-electron chi connectivity index (χ4n) is 4.65. The zero-order valence-electron chi connectivity index (χ0n) is 15.6. The molecule has 4 N–H and O–H groups in total. The molecule has 0 aromatic heterocycles. The van der Waals surface area contributed by atoms with Crippen LogP contribution in [0.4, 0.5) is 0 Å². The number of nitrogens with one attached hydrogen (secondary N) is 2. The highest BCUT2D eigenvalue weighted by Gasteiger charge is 2.40. The maximum Gasteiger partial charge on any atom is 0.222 e. The molecule has 0 spiro atoms. The molecule has 0 heterocycles. The van der Waals surface area contributed by atoms with Crippen LogP contribution in [0.25, 0.3) is 0 Å². The van der Waals surface area contributed by atoms with Crippen LogP contribution >= 0.6 is 24.0 Å². The standard InChI is InChI=1S/C20H28ClN3O2.ClH/c1-12(25)23-18(13-5-7-16(21)8-6-13)11-19(26)24-20-14-3-2-4-15(20)10-17(22)9-14;/h5-8,14-15,17-18,20H,2-4,9-11,22H2,1H3,(H,23,25)(H,24,26);1H. The van der Waals surface area contributed by atoms with Crippen LogP contribution in [0.2, 0.25) is 5.02 Å². The number of benzene rings is 1. The molecular weight excluding hydrogens is 385 g/mol. The van der Waals surface area contributed by atoms with E-state index >= 15 is 0 Å².